The van der Waals surface area contributed by atoms with E-state index in [1.54, 1.807) is 0 Å². The van der Waals surface area contributed by atoms with Crippen molar-refractivity contribution in [1.82, 2.24) is 14.9 Å². The summed E-state index contributed by atoms with van der Waals surface area (Å²) in [5, 5.41) is 3.06. The molecule has 3 rings (SSSR count). The number of amides is 2. The van der Waals surface area contributed by atoms with Gasteiger partial charge in [0.15, 0.2) is 0 Å². The summed E-state index contributed by atoms with van der Waals surface area (Å²) in [6.07, 6.45) is 10.5. The van der Waals surface area contributed by atoms with Crippen molar-refractivity contribution in [3.8, 4) is 0 Å². The summed E-state index contributed by atoms with van der Waals surface area (Å²) in [4.78, 5) is 27.7. The van der Waals surface area contributed by atoms with Crippen LogP contribution in [0, 0.1) is 11.8 Å². The highest BCUT2D eigenvalue weighted by Crippen LogP contribution is 2.30. The van der Waals surface area contributed by atoms with Gasteiger partial charge in [0.25, 0.3) is 0 Å². The number of imidazole rings is 1. The maximum absolute atomic E-state index is 12.2. The lowest BCUT2D eigenvalue weighted by atomic mass is 9.80. The van der Waals surface area contributed by atoms with Crippen molar-refractivity contribution in [2.24, 2.45) is 17.6 Å². The molecule has 1 saturated carbocycles. The minimum Gasteiger partial charge on any atom is -0.370 e. The highest BCUT2D eigenvalue weighted by Gasteiger charge is 2.23. The monoisotopic (exact) mass is 332 g/mol. The summed E-state index contributed by atoms with van der Waals surface area (Å²) in [5.74, 6) is 1.94. The Bertz CT molecular complexity index is 564. The molecule has 2 heterocycles. The first-order valence-electron chi connectivity index (χ1n) is 9.20. The van der Waals surface area contributed by atoms with E-state index in [0.717, 1.165) is 56.7 Å². The predicted molar refractivity (Wildman–Crippen MR) is 91.1 cm³/mol. The number of hydrogen-bond acceptors (Lipinski definition) is 3. The molecule has 6 nitrogen and oxygen atoms in total. The van der Waals surface area contributed by atoms with Crippen LogP contribution in [0.2, 0.25) is 0 Å². The molecular formula is C18H28N4O2. The standard InChI is InChI=1S/C18H28N4O2/c19-16(23)9-13-4-6-14(7-5-13)11-20-18(24)10-15-12-22-8-2-1-3-17(22)21-15/h12-14H,1-11H2,(H2,19,23)(H,20,24). The van der Waals surface area contributed by atoms with Crippen molar-refractivity contribution < 1.29 is 9.59 Å². The van der Waals surface area contributed by atoms with E-state index in [0.29, 0.717) is 24.7 Å². The van der Waals surface area contributed by atoms with E-state index in [1.165, 1.54) is 12.8 Å². The lowest BCUT2D eigenvalue weighted by molar-refractivity contribution is -0.120. The van der Waals surface area contributed by atoms with Crippen LogP contribution in [0.3, 0.4) is 0 Å². The van der Waals surface area contributed by atoms with E-state index >= 15 is 0 Å². The van der Waals surface area contributed by atoms with E-state index in [2.05, 4.69) is 14.9 Å². The van der Waals surface area contributed by atoms with Gasteiger partial charge in [0.1, 0.15) is 5.82 Å². The van der Waals surface area contributed by atoms with Crippen LogP contribution in [-0.2, 0) is 29.0 Å². The molecule has 1 aliphatic carbocycles. The van der Waals surface area contributed by atoms with Crippen LogP contribution in [0.15, 0.2) is 6.20 Å². The molecule has 2 aliphatic rings. The summed E-state index contributed by atoms with van der Waals surface area (Å²) >= 11 is 0. The van der Waals surface area contributed by atoms with E-state index in [9.17, 15) is 9.59 Å². The molecule has 0 saturated heterocycles. The Kier molecular flexibility index (Phi) is 5.53. The van der Waals surface area contributed by atoms with Gasteiger partial charge in [-0.3, -0.25) is 9.59 Å². The second-order valence-electron chi connectivity index (χ2n) is 7.34. The smallest absolute Gasteiger partial charge is 0.226 e. The molecule has 132 valence electrons. The van der Waals surface area contributed by atoms with Crippen molar-refractivity contribution in [1.29, 1.82) is 0 Å². The minimum atomic E-state index is -0.200. The lowest BCUT2D eigenvalue weighted by Crippen LogP contribution is -2.32. The predicted octanol–water partition coefficient (Wildman–Crippen LogP) is 1.56. The van der Waals surface area contributed by atoms with Crippen LogP contribution < -0.4 is 11.1 Å². The van der Waals surface area contributed by atoms with Crippen molar-refractivity contribution in [3.05, 3.63) is 17.7 Å². The number of hydrogen-bond donors (Lipinski definition) is 2. The summed E-state index contributed by atoms with van der Waals surface area (Å²) in [6.45, 7) is 1.76. The van der Waals surface area contributed by atoms with Crippen LogP contribution in [-0.4, -0.2) is 27.9 Å². The van der Waals surface area contributed by atoms with Gasteiger partial charge in [-0.25, -0.2) is 4.98 Å². The SMILES string of the molecule is NC(=O)CC1CCC(CNC(=O)Cc2cn3c(n2)CCCC3)CC1. The molecule has 3 N–H and O–H groups in total. The number of nitrogens with one attached hydrogen (secondary N) is 1. The molecule has 0 aromatic carbocycles. The first-order chi connectivity index (χ1) is 11.6. The Morgan fingerprint density at radius 3 is 2.67 bits per heavy atom. The molecular weight excluding hydrogens is 304 g/mol. The van der Waals surface area contributed by atoms with E-state index in [4.69, 9.17) is 5.73 Å². The number of carbonyl (C=O) groups is 2. The molecule has 1 fully saturated rings. The third-order valence-corrected chi connectivity index (χ3v) is 5.34. The Labute approximate surface area is 143 Å². The molecule has 0 radical (unpaired) electrons. The number of nitrogens with two attached hydrogens (primary N) is 1. The van der Waals surface area contributed by atoms with Crippen LogP contribution in [0.5, 0.6) is 0 Å². The molecule has 0 unspecified atom stereocenters. The number of rotatable bonds is 6. The van der Waals surface area contributed by atoms with Gasteiger partial charge >= 0.3 is 0 Å². The number of fused-ring (bicyclic) bond motifs is 1. The molecule has 0 bridgehead atoms. The van der Waals surface area contributed by atoms with E-state index in [-0.39, 0.29) is 11.8 Å². The van der Waals surface area contributed by atoms with Crippen molar-refractivity contribution in [2.45, 2.75) is 64.3 Å². The van der Waals surface area contributed by atoms with Gasteiger partial charge in [0, 0.05) is 32.1 Å². The first-order valence-corrected chi connectivity index (χ1v) is 9.20. The fourth-order valence-corrected chi connectivity index (χ4v) is 3.97. The quantitative estimate of drug-likeness (QED) is 0.828. The van der Waals surface area contributed by atoms with Gasteiger partial charge in [-0.1, -0.05) is 0 Å². The number of carbonyl (C=O) groups excluding carboxylic acids is 2. The van der Waals surface area contributed by atoms with E-state index in [1.807, 2.05) is 6.20 Å². The van der Waals surface area contributed by atoms with Crippen LogP contribution >= 0.6 is 0 Å². The maximum Gasteiger partial charge on any atom is 0.226 e. The van der Waals surface area contributed by atoms with Crippen LogP contribution in [0.25, 0.3) is 0 Å². The molecule has 6 heteroatoms. The molecule has 1 aliphatic heterocycles. The normalized spacial score (nSPS) is 23.5. The van der Waals surface area contributed by atoms with Crippen LogP contribution in [0.1, 0.15) is 56.5 Å². The molecule has 0 spiro atoms. The lowest BCUT2D eigenvalue weighted by Gasteiger charge is -2.27. The zero-order valence-corrected chi connectivity index (χ0v) is 14.3. The summed E-state index contributed by atoms with van der Waals surface area (Å²) in [5.41, 5.74) is 6.15. The Morgan fingerprint density at radius 2 is 1.96 bits per heavy atom. The van der Waals surface area contributed by atoms with Gasteiger partial charge in [0.2, 0.25) is 11.8 Å². The van der Waals surface area contributed by atoms with Gasteiger partial charge in [-0.2, -0.15) is 0 Å². The maximum atomic E-state index is 12.2. The Balaban J connectivity index is 1.38. The van der Waals surface area contributed by atoms with Crippen molar-refractivity contribution in [2.75, 3.05) is 6.54 Å². The topological polar surface area (TPSA) is 90.0 Å². The highest BCUT2D eigenvalue weighted by atomic mass is 16.1. The second kappa shape index (κ2) is 7.81. The average Bonchev–Trinajstić information content (AvgIpc) is 2.96. The Hall–Kier alpha value is -1.85. The first kappa shape index (κ1) is 17.0. The fraction of sp³-hybridized carbons (Fsp3) is 0.722. The molecule has 2 amide bonds. The van der Waals surface area contributed by atoms with Gasteiger partial charge < -0.3 is 15.6 Å². The molecule has 1 aromatic heterocycles. The largest absolute Gasteiger partial charge is 0.370 e. The summed E-state index contributed by atoms with van der Waals surface area (Å²) in [7, 11) is 0. The number of primary amides is 1. The van der Waals surface area contributed by atoms with Gasteiger partial charge in [-0.05, 0) is 50.4 Å². The van der Waals surface area contributed by atoms with Crippen LogP contribution in [0.4, 0.5) is 0 Å². The highest BCUT2D eigenvalue weighted by molar-refractivity contribution is 5.78. The zero-order valence-electron chi connectivity index (χ0n) is 14.3. The number of aryl methyl sites for hydroxylation is 2. The van der Waals surface area contributed by atoms with Gasteiger partial charge in [-0.15, -0.1) is 0 Å². The third-order valence-electron chi connectivity index (χ3n) is 5.34. The summed E-state index contributed by atoms with van der Waals surface area (Å²) in [6, 6.07) is 0. The number of aromatic nitrogens is 2. The molecule has 24 heavy (non-hydrogen) atoms. The average molecular weight is 332 g/mol. The molecule has 1 aromatic rings. The second-order valence-corrected chi connectivity index (χ2v) is 7.34. The van der Waals surface area contributed by atoms with E-state index < -0.39 is 0 Å². The summed E-state index contributed by atoms with van der Waals surface area (Å²) < 4.78 is 2.19. The van der Waals surface area contributed by atoms with Crippen molar-refractivity contribution in [3.63, 3.8) is 0 Å². The third kappa shape index (κ3) is 4.58. The van der Waals surface area contributed by atoms with Gasteiger partial charge in [0.05, 0.1) is 12.1 Å². The zero-order chi connectivity index (χ0) is 16.9. The Morgan fingerprint density at radius 1 is 1.21 bits per heavy atom. The van der Waals surface area contributed by atoms with Crippen molar-refractivity contribution >= 4 is 11.8 Å². The molecule has 0 atom stereocenters. The minimum absolute atomic E-state index is 0.0599. The fourth-order valence-electron chi connectivity index (χ4n) is 3.97. The number of nitrogens with zero attached hydrogens (tertiary/aromatic N) is 2.